The van der Waals surface area contributed by atoms with Crippen molar-refractivity contribution in [1.29, 1.82) is 0 Å². The van der Waals surface area contributed by atoms with E-state index in [1.807, 2.05) is 30.3 Å². The van der Waals surface area contributed by atoms with Crippen LogP contribution in [0.1, 0.15) is 5.56 Å². The van der Waals surface area contributed by atoms with Crippen LogP contribution in [0.4, 0.5) is 13.2 Å². The first-order chi connectivity index (χ1) is 9.05. The van der Waals surface area contributed by atoms with Crippen LogP contribution in [0, 0.1) is 0 Å². The summed E-state index contributed by atoms with van der Waals surface area (Å²) in [5.74, 6) is 0. The first-order valence-corrected chi connectivity index (χ1v) is 7.51. The zero-order valence-corrected chi connectivity index (χ0v) is 11.5. The standard InChI is InChI=1S/C14H11F3S2/c15-14(16,17)11-6-8-13(9-7-11)19-10-18-12-4-2-1-3-5-12/h1-9H,10H2. The lowest BCUT2D eigenvalue weighted by molar-refractivity contribution is -0.137. The minimum Gasteiger partial charge on any atom is -0.166 e. The summed E-state index contributed by atoms with van der Waals surface area (Å²) in [6, 6.07) is 15.2. The molecule has 0 unspecified atom stereocenters. The Kier molecular flexibility index (Phi) is 4.82. The molecule has 5 heteroatoms. The summed E-state index contributed by atoms with van der Waals surface area (Å²) in [5, 5.41) is 0.773. The van der Waals surface area contributed by atoms with Crippen LogP contribution < -0.4 is 0 Å². The van der Waals surface area contributed by atoms with Gasteiger partial charge in [-0.15, -0.1) is 23.5 Å². The van der Waals surface area contributed by atoms with Crippen molar-refractivity contribution in [3.8, 4) is 0 Å². The third-order valence-electron chi connectivity index (χ3n) is 2.38. The molecule has 0 aliphatic heterocycles. The molecule has 0 amide bonds. The predicted molar refractivity (Wildman–Crippen MR) is 74.5 cm³/mol. The molecule has 0 saturated heterocycles. The van der Waals surface area contributed by atoms with E-state index in [1.54, 1.807) is 11.8 Å². The molecule has 0 fully saturated rings. The van der Waals surface area contributed by atoms with E-state index in [2.05, 4.69) is 0 Å². The van der Waals surface area contributed by atoms with Gasteiger partial charge in [0, 0.05) is 14.9 Å². The lowest BCUT2D eigenvalue weighted by atomic mass is 10.2. The smallest absolute Gasteiger partial charge is 0.166 e. The molecule has 2 rings (SSSR count). The van der Waals surface area contributed by atoms with Crippen molar-refractivity contribution in [1.82, 2.24) is 0 Å². The van der Waals surface area contributed by atoms with Gasteiger partial charge in [0.25, 0.3) is 0 Å². The Morgan fingerprint density at radius 1 is 0.737 bits per heavy atom. The zero-order valence-electron chi connectivity index (χ0n) is 9.85. The molecule has 0 N–H and O–H groups in total. The Morgan fingerprint density at radius 2 is 1.26 bits per heavy atom. The molecule has 0 aliphatic carbocycles. The number of rotatable bonds is 4. The topological polar surface area (TPSA) is 0 Å². The van der Waals surface area contributed by atoms with Gasteiger partial charge < -0.3 is 0 Å². The van der Waals surface area contributed by atoms with Crippen molar-refractivity contribution >= 4 is 23.5 Å². The average molecular weight is 300 g/mol. The summed E-state index contributed by atoms with van der Waals surface area (Å²) in [6.07, 6.45) is -4.26. The second-order valence-electron chi connectivity index (χ2n) is 3.74. The fraction of sp³-hybridized carbons (Fsp3) is 0.143. The molecule has 19 heavy (non-hydrogen) atoms. The van der Waals surface area contributed by atoms with Crippen LogP contribution in [-0.2, 0) is 6.18 Å². The summed E-state index contributed by atoms with van der Waals surface area (Å²) in [5.41, 5.74) is -0.604. The van der Waals surface area contributed by atoms with Crippen molar-refractivity contribution in [3.63, 3.8) is 0 Å². The van der Waals surface area contributed by atoms with Gasteiger partial charge in [-0.1, -0.05) is 18.2 Å². The monoisotopic (exact) mass is 300 g/mol. The number of hydrogen-bond donors (Lipinski definition) is 0. The minimum absolute atomic E-state index is 0.604. The van der Waals surface area contributed by atoms with E-state index >= 15 is 0 Å². The van der Waals surface area contributed by atoms with Crippen LogP contribution in [0.3, 0.4) is 0 Å². The molecule has 0 nitrogen and oxygen atoms in total. The lowest BCUT2D eigenvalue weighted by Crippen LogP contribution is -2.03. The molecule has 0 atom stereocenters. The molecular weight excluding hydrogens is 289 g/mol. The molecule has 2 aromatic rings. The maximum atomic E-state index is 12.4. The maximum absolute atomic E-state index is 12.4. The molecule has 0 radical (unpaired) electrons. The van der Waals surface area contributed by atoms with Gasteiger partial charge in [-0.2, -0.15) is 13.2 Å². The SMILES string of the molecule is FC(F)(F)c1ccc(SCSc2ccccc2)cc1. The molecule has 0 aromatic heterocycles. The largest absolute Gasteiger partial charge is 0.416 e. The normalized spacial score (nSPS) is 11.5. The van der Waals surface area contributed by atoms with Gasteiger partial charge in [-0.25, -0.2) is 0 Å². The molecule has 0 heterocycles. The maximum Gasteiger partial charge on any atom is 0.416 e. The Hall–Kier alpha value is -1.07. The van der Waals surface area contributed by atoms with Crippen molar-refractivity contribution in [2.75, 3.05) is 5.08 Å². The van der Waals surface area contributed by atoms with Gasteiger partial charge in [-0.05, 0) is 36.4 Å². The van der Waals surface area contributed by atoms with Crippen LogP contribution >= 0.6 is 23.5 Å². The molecular formula is C14H11F3S2. The van der Waals surface area contributed by atoms with Gasteiger partial charge in [0.1, 0.15) is 0 Å². The van der Waals surface area contributed by atoms with Crippen molar-refractivity contribution < 1.29 is 13.2 Å². The van der Waals surface area contributed by atoms with Crippen molar-refractivity contribution in [2.45, 2.75) is 16.0 Å². The first kappa shape index (κ1) is 14.3. The Morgan fingerprint density at radius 3 is 1.79 bits per heavy atom. The minimum atomic E-state index is -4.26. The second kappa shape index (κ2) is 6.39. The number of benzene rings is 2. The van der Waals surface area contributed by atoms with Gasteiger partial charge in [-0.3, -0.25) is 0 Å². The fourth-order valence-corrected chi connectivity index (χ4v) is 3.42. The second-order valence-corrected chi connectivity index (χ2v) is 6.20. The van der Waals surface area contributed by atoms with Crippen LogP contribution in [0.25, 0.3) is 0 Å². The number of hydrogen-bond acceptors (Lipinski definition) is 2. The molecule has 0 spiro atoms. The lowest BCUT2D eigenvalue weighted by Gasteiger charge is -2.07. The highest BCUT2D eigenvalue weighted by Crippen LogP contribution is 2.32. The number of thioether (sulfide) groups is 2. The van der Waals surface area contributed by atoms with E-state index in [1.165, 1.54) is 23.9 Å². The van der Waals surface area contributed by atoms with Crippen LogP contribution in [-0.4, -0.2) is 5.08 Å². The Balaban J connectivity index is 1.87. The van der Waals surface area contributed by atoms with Crippen LogP contribution in [0.5, 0.6) is 0 Å². The molecule has 0 bridgehead atoms. The molecule has 2 aromatic carbocycles. The predicted octanol–water partition coefficient (Wildman–Crippen LogP) is 5.55. The van der Waals surface area contributed by atoms with Gasteiger partial charge in [0.05, 0.1) is 5.56 Å². The van der Waals surface area contributed by atoms with E-state index in [4.69, 9.17) is 0 Å². The average Bonchev–Trinajstić information content (AvgIpc) is 2.39. The fourth-order valence-electron chi connectivity index (χ4n) is 1.42. The summed E-state index contributed by atoms with van der Waals surface area (Å²) in [7, 11) is 0. The van der Waals surface area contributed by atoms with E-state index < -0.39 is 11.7 Å². The highest BCUT2D eigenvalue weighted by molar-refractivity contribution is 8.16. The third-order valence-corrected chi connectivity index (χ3v) is 4.53. The first-order valence-electron chi connectivity index (χ1n) is 5.53. The van der Waals surface area contributed by atoms with E-state index in [-0.39, 0.29) is 0 Å². The summed E-state index contributed by atoms with van der Waals surface area (Å²) in [6.45, 7) is 0. The number of alkyl halides is 3. The molecule has 100 valence electrons. The van der Waals surface area contributed by atoms with E-state index in [0.717, 1.165) is 27.0 Å². The summed E-state index contributed by atoms with van der Waals surface area (Å²) < 4.78 is 37.1. The summed E-state index contributed by atoms with van der Waals surface area (Å²) >= 11 is 3.20. The van der Waals surface area contributed by atoms with E-state index in [0.29, 0.717) is 0 Å². The highest BCUT2D eigenvalue weighted by Gasteiger charge is 2.29. The Bertz CT molecular complexity index is 506. The highest BCUT2D eigenvalue weighted by atomic mass is 32.2. The van der Waals surface area contributed by atoms with Crippen LogP contribution in [0.2, 0.25) is 0 Å². The van der Waals surface area contributed by atoms with Crippen molar-refractivity contribution in [3.05, 3.63) is 60.2 Å². The van der Waals surface area contributed by atoms with Crippen LogP contribution in [0.15, 0.2) is 64.4 Å². The summed E-state index contributed by atoms with van der Waals surface area (Å²) in [4.78, 5) is 2.00. The van der Waals surface area contributed by atoms with E-state index in [9.17, 15) is 13.2 Å². The van der Waals surface area contributed by atoms with Gasteiger partial charge in [0.15, 0.2) is 0 Å². The van der Waals surface area contributed by atoms with Crippen molar-refractivity contribution in [2.24, 2.45) is 0 Å². The Labute approximate surface area is 118 Å². The number of halogens is 3. The third kappa shape index (κ3) is 4.51. The van der Waals surface area contributed by atoms with Gasteiger partial charge in [0.2, 0.25) is 0 Å². The quantitative estimate of drug-likeness (QED) is 0.536. The molecule has 0 saturated carbocycles. The molecule has 0 aliphatic rings. The zero-order chi connectivity index (χ0) is 13.7. The van der Waals surface area contributed by atoms with Gasteiger partial charge >= 0.3 is 6.18 Å².